The Hall–Kier alpha value is -1.36. The summed E-state index contributed by atoms with van der Waals surface area (Å²) in [6, 6.07) is 0. The Kier molecular flexibility index (Phi) is 4.83. The summed E-state index contributed by atoms with van der Waals surface area (Å²) in [6.07, 6.45) is 3.17. The third-order valence-corrected chi connectivity index (χ3v) is 2.24. The fraction of sp³-hybridized carbons (Fsp3) is 0.600. The summed E-state index contributed by atoms with van der Waals surface area (Å²) in [5.41, 5.74) is 2.04. The monoisotopic (exact) mass is 210 g/mol. The van der Waals surface area contributed by atoms with E-state index in [0.717, 1.165) is 24.2 Å². The second-order valence-electron chi connectivity index (χ2n) is 3.50. The van der Waals surface area contributed by atoms with E-state index >= 15 is 0 Å². The first kappa shape index (κ1) is 11.7. The summed E-state index contributed by atoms with van der Waals surface area (Å²) in [6.45, 7) is 3.37. The first-order valence-corrected chi connectivity index (χ1v) is 5.14. The predicted octanol–water partition coefficient (Wildman–Crippen LogP) is 0.334. The van der Waals surface area contributed by atoms with Crippen molar-refractivity contribution in [3.05, 3.63) is 17.5 Å². The van der Waals surface area contributed by atoms with Crippen molar-refractivity contribution < 1.29 is 4.79 Å². The number of aryl methyl sites for hydroxylation is 1. The summed E-state index contributed by atoms with van der Waals surface area (Å²) in [5, 5.41) is 12.6. The minimum Gasteiger partial charge on any atom is -0.352 e. The number of H-pyrrole nitrogens is 1. The standard InChI is InChI=1S/C10H18N4O/c1-8-9(7-13-14-8)6-12-10(15)4-3-5-11-2/h7,11H,3-6H2,1-2H3,(H,12,15)(H,13,14). The van der Waals surface area contributed by atoms with E-state index in [2.05, 4.69) is 20.8 Å². The largest absolute Gasteiger partial charge is 0.352 e. The van der Waals surface area contributed by atoms with Crippen molar-refractivity contribution >= 4 is 5.91 Å². The molecule has 0 fully saturated rings. The number of amides is 1. The van der Waals surface area contributed by atoms with E-state index in [1.165, 1.54) is 0 Å². The summed E-state index contributed by atoms with van der Waals surface area (Å²) < 4.78 is 0. The van der Waals surface area contributed by atoms with Crippen LogP contribution in [0.2, 0.25) is 0 Å². The van der Waals surface area contributed by atoms with E-state index in [0.29, 0.717) is 13.0 Å². The highest BCUT2D eigenvalue weighted by Gasteiger charge is 2.03. The molecule has 0 saturated heterocycles. The molecule has 1 heterocycles. The number of nitrogens with one attached hydrogen (secondary N) is 3. The summed E-state index contributed by atoms with van der Waals surface area (Å²) in [7, 11) is 1.88. The third-order valence-electron chi connectivity index (χ3n) is 2.24. The molecule has 1 aromatic rings. The number of rotatable bonds is 6. The van der Waals surface area contributed by atoms with Gasteiger partial charge in [0.15, 0.2) is 0 Å². The Labute approximate surface area is 89.6 Å². The van der Waals surface area contributed by atoms with E-state index in [1.807, 2.05) is 14.0 Å². The molecule has 0 aliphatic carbocycles. The van der Waals surface area contributed by atoms with Gasteiger partial charge in [0.2, 0.25) is 5.91 Å². The molecular weight excluding hydrogens is 192 g/mol. The minimum atomic E-state index is 0.0888. The molecule has 1 aromatic heterocycles. The molecule has 5 heteroatoms. The van der Waals surface area contributed by atoms with Gasteiger partial charge in [0.25, 0.3) is 0 Å². The lowest BCUT2D eigenvalue weighted by Gasteiger charge is -2.04. The topological polar surface area (TPSA) is 69.8 Å². The van der Waals surface area contributed by atoms with Crippen molar-refractivity contribution in [2.24, 2.45) is 0 Å². The number of carbonyl (C=O) groups is 1. The predicted molar refractivity (Wildman–Crippen MR) is 58.3 cm³/mol. The Balaban J connectivity index is 2.20. The van der Waals surface area contributed by atoms with Gasteiger partial charge in [-0.15, -0.1) is 0 Å². The minimum absolute atomic E-state index is 0.0888. The van der Waals surface area contributed by atoms with Gasteiger partial charge < -0.3 is 10.6 Å². The highest BCUT2D eigenvalue weighted by Crippen LogP contribution is 2.01. The zero-order valence-corrected chi connectivity index (χ0v) is 9.26. The van der Waals surface area contributed by atoms with Gasteiger partial charge >= 0.3 is 0 Å². The van der Waals surface area contributed by atoms with Gasteiger partial charge in [-0.1, -0.05) is 0 Å². The van der Waals surface area contributed by atoms with Crippen LogP contribution in [0.3, 0.4) is 0 Å². The Morgan fingerprint density at radius 3 is 3.00 bits per heavy atom. The van der Waals surface area contributed by atoms with Crippen LogP contribution in [0.4, 0.5) is 0 Å². The van der Waals surface area contributed by atoms with Crippen molar-refractivity contribution in [1.82, 2.24) is 20.8 Å². The zero-order chi connectivity index (χ0) is 11.1. The van der Waals surface area contributed by atoms with Crippen molar-refractivity contribution in [2.45, 2.75) is 26.3 Å². The lowest BCUT2D eigenvalue weighted by molar-refractivity contribution is -0.121. The SMILES string of the molecule is CNCCCC(=O)NCc1cn[nH]c1C. The van der Waals surface area contributed by atoms with Crippen molar-refractivity contribution in [2.75, 3.05) is 13.6 Å². The van der Waals surface area contributed by atoms with Crippen LogP contribution in [0.1, 0.15) is 24.1 Å². The van der Waals surface area contributed by atoms with Crippen LogP contribution in [0.15, 0.2) is 6.20 Å². The molecule has 0 aromatic carbocycles. The molecular formula is C10H18N4O. The molecule has 5 nitrogen and oxygen atoms in total. The van der Waals surface area contributed by atoms with Gasteiger partial charge in [-0.2, -0.15) is 5.10 Å². The smallest absolute Gasteiger partial charge is 0.220 e. The molecule has 0 spiro atoms. The molecule has 1 rings (SSSR count). The molecule has 0 saturated carbocycles. The number of hydrogen-bond donors (Lipinski definition) is 3. The lowest BCUT2D eigenvalue weighted by Crippen LogP contribution is -2.23. The first-order valence-electron chi connectivity index (χ1n) is 5.14. The zero-order valence-electron chi connectivity index (χ0n) is 9.26. The molecule has 0 bridgehead atoms. The number of aromatic amines is 1. The summed E-state index contributed by atoms with van der Waals surface area (Å²) in [5.74, 6) is 0.0888. The number of hydrogen-bond acceptors (Lipinski definition) is 3. The fourth-order valence-electron chi connectivity index (χ4n) is 1.26. The van der Waals surface area contributed by atoms with Crippen LogP contribution in [-0.4, -0.2) is 29.7 Å². The fourth-order valence-corrected chi connectivity index (χ4v) is 1.26. The maximum Gasteiger partial charge on any atom is 0.220 e. The maximum absolute atomic E-state index is 11.4. The van der Waals surface area contributed by atoms with Crippen molar-refractivity contribution in [1.29, 1.82) is 0 Å². The van der Waals surface area contributed by atoms with E-state index in [4.69, 9.17) is 0 Å². The molecule has 3 N–H and O–H groups in total. The highest BCUT2D eigenvalue weighted by molar-refractivity contribution is 5.75. The molecule has 0 radical (unpaired) electrons. The quantitative estimate of drug-likeness (QED) is 0.593. The molecule has 0 aliphatic heterocycles. The van der Waals surface area contributed by atoms with Crippen LogP contribution in [0.25, 0.3) is 0 Å². The van der Waals surface area contributed by atoms with Gasteiger partial charge in [0.05, 0.1) is 6.20 Å². The number of nitrogens with zero attached hydrogens (tertiary/aromatic N) is 1. The normalized spacial score (nSPS) is 10.3. The van der Waals surface area contributed by atoms with Crippen LogP contribution in [0.5, 0.6) is 0 Å². The van der Waals surface area contributed by atoms with E-state index < -0.39 is 0 Å². The summed E-state index contributed by atoms with van der Waals surface area (Å²) in [4.78, 5) is 11.4. The van der Waals surface area contributed by atoms with E-state index in [9.17, 15) is 4.79 Å². The van der Waals surface area contributed by atoms with Crippen LogP contribution < -0.4 is 10.6 Å². The molecule has 1 amide bonds. The Bertz CT molecular complexity index is 308. The van der Waals surface area contributed by atoms with Crippen LogP contribution in [0, 0.1) is 6.92 Å². The molecule has 84 valence electrons. The maximum atomic E-state index is 11.4. The number of aromatic nitrogens is 2. The Morgan fingerprint density at radius 1 is 1.60 bits per heavy atom. The van der Waals surface area contributed by atoms with Crippen LogP contribution >= 0.6 is 0 Å². The van der Waals surface area contributed by atoms with Gasteiger partial charge in [-0.3, -0.25) is 9.89 Å². The van der Waals surface area contributed by atoms with Gasteiger partial charge in [-0.05, 0) is 26.9 Å². The summed E-state index contributed by atoms with van der Waals surface area (Å²) >= 11 is 0. The van der Waals surface area contributed by atoms with Crippen molar-refractivity contribution in [3.63, 3.8) is 0 Å². The average molecular weight is 210 g/mol. The Morgan fingerprint density at radius 2 is 2.40 bits per heavy atom. The molecule has 0 unspecified atom stereocenters. The number of carbonyl (C=O) groups excluding carboxylic acids is 1. The molecule has 0 atom stereocenters. The first-order chi connectivity index (χ1) is 7.24. The average Bonchev–Trinajstić information content (AvgIpc) is 2.61. The van der Waals surface area contributed by atoms with Crippen molar-refractivity contribution in [3.8, 4) is 0 Å². The highest BCUT2D eigenvalue weighted by atomic mass is 16.1. The molecule has 0 aliphatic rings. The van der Waals surface area contributed by atoms with Crippen LogP contribution in [-0.2, 0) is 11.3 Å². The van der Waals surface area contributed by atoms with E-state index in [1.54, 1.807) is 6.20 Å². The second kappa shape index (κ2) is 6.19. The molecule has 15 heavy (non-hydrogen) atoms. The van der Waals surface area contributed by atoms with E-state index in [-0.39, 0.29) is 5.91 Å². The third kappa shape index (κ3) is 4.12. The van der Waals surface area contributed by atoms with Gasteiger partial charge in [-0.25, -0.2) is 0 Å². The lowest BCUT2D eigenvalue weighted by atomic mass is 10.2. The second-order valence-corrected chi connectivity index (χ2v) is 3.50. The van der Waals surface area contributed by atoms with Gasteiger partial charge in [0.1, 0.15) is 0 Å². The van der Waals surface area contributed by atoms with Gasteiger partial charge in [0, 0.05) is 24.2 Å².